The van der Waals surface area contributed by atoms with Crippen LogP contribution >= 0.6 is 0 Å². The van der Waals surface area contributed by atoms with Crippen LogP contribution in [0.2, 0.25) is 0 Å². The molecule has 0 saturated carbocycles. The van der Waals surface area contributed by atoms with E-state index >= 15 is 0 Å². The van der Waals surface area contributed by atoms with Crippen LogP contribution in [0.25, 0.3) is 0 Å². The van der Waals surface area contributed by atoms with Crippen LogP contribution in [-0.2, 0) is 27.9 Å². The average Bonchev–Trinajstić information content (AvgIpc) is 3.14. The summed E-state index contributed by atoms with van der Waals surface area (Å²) in [6.45, 7) is 0. The van der Waals surface area contributed by atoms with Gasteiger partial charge in [-0.15, -0.1) is 4.90 Å². The first-order valence-corrected chi connectivity index (χ1v) is 6.88. The Hall–Kier alpha value is -1.41. The van der Waals surface area contributed by atoms with Gasteiger partial charge in [0, 0.05) is 15.7 Å². The number of hydrogen-bond acceptors (Lipinski definition) is 1. The molecule has 0 radical (unpaired) electrons. The molecule has 0 aromatic heterocycles. The summed E-state index contributed by atoms with van der Waals surface area (Å²) >= 11 is 0. The maximum absolute atomic E-state index is 11.8. The molecule has 0 bridgehead atoms. The molecule has 98 valence electrons. The standard InChI is InChI=1S/C11H9OS.C5H5.Fe/c12-13(11-8-4-5-9-11)10-6-2-1-3-7-10;1-2-4-5-3-1;/h1-9H;1-5H;/q2*-1;+2. The monoisotopic (exact) mass is 310 g/mol. The van der Waals surface area contributed by atoms with Crippen molar-refractivity contribution >= 4 is 10.8 Å². The summed E-state index contributed by atoms with van der Waals surface area (Å²) in [6.07, 6.45) is 0. The SMILES string of the molecule is O=S(c1ccccc1)c1cc[cH-]c1.[Fe+2].c1cc[cH-]c1. The van der Waals surface area contributed by atoms with Gasteiger partial charge in [-0.3, -0.25) is 4.21 Å². The fraction of sp³-hybridized carbons (Fsp3) is 0. The van der Waals surface area contributed by atoms with Crippen LogP contribution in [-0.4, -0.2) is 4.21 Å². The number of rotatable bonds is 2. The van der Waals surface area contributed by atoms with Gasteiger partial charge >= 0.3 is 17.1 Å². The molecule has 0 aliphatic rings. The summed E-state index contributed by atoms with van der Waals surface area (Å²) in [5, 5.41) is 0. The largest absolute Gasteiger partial charge is 2.00 e. The zero-order valence-electron chi connectivity index (χ0n) is 10.3. The van der Waals surface area contributed by atoms with E-state index in [1.807, 2.05) is 84.9 Å². The van der Waals surface area contributed by atoms with Gasteiger partial charge in [0.25, 0.3) is 0 Å². The van der Waals surface area contributed by atoms with Crippen LogP contribution in [0.1, 0.15) is 0 Å². The van der Waals surface area contributed by atoms with Crippen LogP contribution in [0, 0.1) is 0 Å². The minimum Gasteiger partial charge on any atom is -0.264 e. The van der Waals surface area contributed by atoms with Crippen molar-refractivity contribution in [3.8, 4) is 0 Å². The Kier molecular flexibility index (Phi) is 7.12. The maximum Gasteiger partial charge on any atom is 2.00 e. The maximum atomic E-state index is 11.8. The third kappa shape index (κ3) is 4.99. The fourth-order valence-corrected chi connectivity index (χ4v) is 2.56. The first kappa shape index (κ1) is 15.6. The van der Waals surface area contributed by atoms with Gasteiger partial charge in [-0.05, 0) is 12.1 Å². The molecule has 0 saturated heterocycles. The van der Waals surface area contributed by atoms with Crippen molar-refractivity contribution in [1.82, 2.24) is 0 Å². The molecule has 0 N–H and O–H groups in total. The summed E-state index contributed by atoms with van der Waals surface area (Å²) in [6, 6.07) is 27.0. The van der Waals surface area contributed by atoms with E-state index in [2.05, 4.69) is 0 Å². The third-order valence-electron chi connectivity index (χ3n) is 2.36. The van der Waals surface area contributed by atoms with Gasteiger partial charge in [0.1, 0.15) is 0 Å². The zero-order valence-corrected chi connectivity index (χ0v) is 12.2. The molecule has 3 heteroatoms. The van der Waals surface area contributed by atoms with Gasteiger partial charge in [0.05, 0.1) is 0 Å². The Balaban J connectivity index is 0.000000256. The predicted molar refractivity (Wildman–Crippen MR) is 75.2 cm³/mol. The van der Waals surface area contributed by atoms with Crippen molar-refractivity contribution < 1.29 is 21.3 Å². The molecule has 3 rings (SSSR count). The van der Waals surface area contributed by atoms with Gasteiger partial charge in [0.15, 0.2) is 0 Å². The molecule has 0 aliphatic carbocycles. The van der Waals surface area contributed by atoms with Crippen LogP contribution in [0.3, 0.4) is 0 Å². The Bertz CT molecular complexity index is 539. The van der Waals surface area contributed by atoms with Crippen LogP contribution < -0.4 is 0 Å². The van der Waals surface area contributed by atoms with Crippen molar-refractivity contribution in [3.05, 3.63) is 84.9 Å². The molecule has 0 fully saturated rings. The van der Waals surface area contributed by atoms with E-state index in [1.165, 1.54) is 0 Å². The van der Waals surface area contributed by atoms with Crippen molar-refractivity contribution in [2.24, 2.45) is 0 Å². The van der Waals surface area contributed by atoms with E-state index in [4.69, 9.17) is 0 Å². The number of benzene rings is 1. The Morgan fingerprint density at radius 2 is 1.42 bits per heavy atom. The summed E-state index contributed by atoms with van der Waals surface area (Å²) in [7, 11) is -1.02. The van der Waals surface area contributed by atoms with Gasteiger partial charge in [-0.1, -0.05) is 18.2 Å². The van der Waals surface area contributed by atoms with E-state index in [9.17, 15) is 4.21 Å². The molecular formula is C16H14FeOS. The Labute approximate surface area is 127 Å². The van der Waals surface area contributed by atoms with Gasteiger partial charge in [-0.2, -0.15) is 42.5 Å². The smallest absolute Gasteiger partial charge is 0.264 e. The predicted octanol–water partition coefficient (Wildman–Crippen LogP) is 3.98. The van der Waals surface area contributed by atoms with Crippen LogP contribution in [0.4, 0.5) is 0 Å². The topological polar surface area (TPSA) is 17.1 Å². The van der Waals surface area contributed by atoms with E-state index in [0.29, 0.717) is 0 Å². The van der Waals surface area contributed by atoms with Gasteiger partial charge in [-0.25, -0.2) is 12.1 Å². The van der Waals surface area contributed by atoms with E-state index in [-0.39, 0.29) is 17.1 Å². The molecule has 1 unspecified atom stereocenters. The molecule has 1 atom stereocenters. The Morgan fingerprint density at radius 3 is 1.89 bits per heavy atom. The first-order chi connectivity index (χ1) is 8.88. The van der Waals surface area contributed by atoms with Crippen LogP contribution in [0.15, 0.2) is 94.7 Å². The molecular weight excluding hydrogens is 296 g/mol. The summed E-state index contributed by atoms with van der Waals surface area (Å²) in [4.78, 5) is 1.72. The first-order valence-electron chi connectivity index (χ1n) is 5.73. The fourth-order valence-electron chi connectivity index (χ4n) is 1.48. The van der Waals surface area contributed by atoms with Crippen molar-refractivity contribution in [2.45, 2.75) is 9.79 Å². The molecule has 19 heavy (non-hydrogen) atoms. The molecule has 0 spiro atoms. The van der Waals surface area contributed by atoms with E-state index in [1.54, 1.807) is 0 Å². The molecule has 3 aromatic carbocycles. The Morgan fingerprint density at radius 1 is 0.737 bits per heavy atom. The van der Waals surface area contributed by atoms with Crippen molar-refractivity contribution in [2.75, 3.05) is 0 Å². The summed E-state index contributed by atoms with van der Waals surface area (Å²) in [5.74, 6) is 0. The second kappa shape index (κ2) is 8.65. The van der Waals surface area contributed by atoms with Crippen molar-refractivity contribution in [1.29, 1.82) is 0 Å². The van der Waals surface area contributed by atoms with Gasteiger partial charge in [0.2, 0.25) is 0 Å². The number of hydrogen-bond donors (Lipinski definition) is 0. The summed E-state index contributed by atoms with van der Waals surface area (Å²) < 4.78 is 11.8. The van der Waals surface area contributed by atoms with Crippen LogP contribution in [0.5, 0.6) is 0 Å². The van der Waals surface area contributed by atoms with Gasteiger partial charge < -0.3 is 0 Å². The molecule has 3 aromatic rings. The minimum absolute atomic E-state index is 0. The van der Waals surface area contributed by atoms with E-state index in [0.717, 1.165) is 9.79 Å². The zero-order chi connectivity index (χ0) is 12.6. The normalized spacial score (nSPS) is 10.7. The molecule has 0 amide bonds. The second-order valence-corrected chi connectivity index (χ2v) is 5.14. The summed E-state index contributed by atoms with van der Waals surface area (Å²) in [5.41, 5.74) is 0. The quantitative estimate of drug-likeness (QED) is 0.517. The molecule has 1 nitrogen and oxygen atoms in total. The molecule has 0 aliphatic heterocycles. The van der Waals surface area contributed by atoms with E-state index < -0.39 is 10.8 Å². The second-order valence-electron chi connectivity index (χ2n) is 3.66. The van der Waals surface area contributed by atoms with Crippen molar-refractivity contribution in [3.63, 3.8) is 0 Å². The minimum atomic E-state index is -1.02. The third-order valence-corrected chi connectivity index (χ3v) is 3.76. The average molecular weight is 310 g/mol. The molecule has 0 heterocycles.